The second kappa shape index (κ2) is 10.5. The minimum absolute atomic E-state index is 0. The highest BCUT2D eigenvalue weighted by Gasteiger charge is 2.25. The van der Waals surface area contributed by atoms with Crippen LogP contribution >= 0.6 is 35.6 Å². The SMILES string of the molecule is CCCN(C(=O)CC1COCCN1)C(C)c1ccc(Cl)c(Cl)c1.Cl. The van der Waals surface area contributed by atoms with Gasteiger partial charge in [-0.05, 0) is 31.0 Å². The molecule has 2 atom stereocenters. The van der Waals surface area contributed by atoms with Gasteiger partial charge in [-0.2, -0.15) is 0 Å². The van der Waals surface area contributed by atoms with Gasteiger partial charge in [-0.3, -0.25) is 4.79 Å². The summed E-state index contributed by atoms with van der Waals surface area (Å²) in [5.41, 5.74) is 0.994. The van der Waals surface area contributed by atoms with Crippen LogP contribution in [0.3, 0.4) is 0 Å². The highest BCUT2D eigenvalue weighted by atomic mass is 35.5. The van der Waals surface area contributed by atoms with Crippen LogP contribution in [0.5, 0.6) is 0 Å². The monoisotopic (exact) mass is 394 g/mol. The molecule has 2 unspecified atom stereocenters. The molecule has 1 heterocycles. The molecule has 0 aliphatic carbocycles. The Hall–Kier alpha value is -0.520. The molecule has 4 nitrogen and oxygen atoms in total. The van der Waals surface area contributed by atoms with E-state index in [1.54, 1.807) is 6.07 Å². The molecule has 0 aromatic heterocycles. The van der Waals surface area contributed by atoms with Crippen LogP contribution < -0.4 is 5.32 Å². The lowest BCUT2D eigenvalue weighted by molar-refractivity contribution is -0.134. The molecular formula is C17H25Cl3N2O2. The molecule has 24 heavy (non-hydrogen) atoms. The van der Waals surface area contributed by atoms with Crippen molar-refractivity contribution in [2.45, 2.75) is 38.8 Å². The van der Waals surface area contributed by atoms with Gasteiger partial charge in [0.15, 0.2) is 0 Å². The summed E-state index contributed by atoms with van der Waals surface area (Å²) >= 11 is 12.1. The second-order valence-electron chi connectivity index (χ2n) is 5.87. The zero-order valence-electron chi connectivity index (χ0n) is 14.1. The molecule has 0 bridgehead atoms. The lowest BCUT2D eigenvalue weighted by atomic mass is 10.0. The van der Waals surface area contributed by atoms with Crippen molar-refractivity contribution >= 4 is 41.5 Å². The van der Waals surface area contributed by atoms with Crippen molar-refractivity contribution in [3.63, 3.8) is 0 Å². The van der Waals surface area contributed by atoms with Crippen LogP contribution in [-0.4, -0.2) is 43.2 Å². The fraction of sp³-hybridized carbons (Fsp3) is 0.588. The first-order valence-electron chi connectivity index (χ1n) is 8.08. The summed E-state index contributed by atoms with van der Waals surface area (Å²) in [6.45, 7) is 6.92. The normalized spacial score (nSPS) is 18.6. The maximum Gasteiger partial charge on any atom is 0.224 e. The van der Waals surface area contributed by atoms with Gasteiger partial charge in [0, 0.05) is 25.6 Å². The smallest absolute Gasteiger partial charge is 0.224 e. The molecule has 0 saturated carbocycles. The van der Waals surface area contributed by atoms with Gasteiger partial charge in [0.05, 0.1) is 29.3 Å². The van der Waals surface area contributed by atoms with Gasteiger partial charge < -0.3 is 15.0 Å². The van der Waals surface area contributed by atoms with Crippen LogP contribution in [-0.2, 0) is 9.53 Å². The van der Waals surface area contributed by atoms with Gasteiger partial charge in [-0.1, -0.05) is 36.2 Å². The molecule has 0 spiro atoms. The Morgan fingerprint density at radius 3 is 2.75 bits per heavy atom. The van der Waals surface area contributed by atoms with E-state index in [2.05, 4.69) is 12.2 Å². The van der Waals surface area contributed by atoms with Gasteiger partial charge in [0.2, 0.25) is 5.91 Å². The predicted molar refractivity (Wildman–Crippen MR) is 101 cm³/mol. The highest BCUT2D eigenvalue weighted by Crippen LogP contribution is 2.28. The number of morpholine rings is 1. The summed E-state index contributed by atoms with van der Waals surface area (Å²) < 4.78 is 5.43. The van der Waals surface area contributed by atoms with Gasteiger partial charge in [0.1, 0.15) is 0 Å². The number of nitrogens with zero attached hydrogens (tertiary/aromatic N) is 1. The van der Waals surface area contributed by atoms with E-state index in [-0.39, 0.29) is 30.4 Å². The molecule has 1 aliphatic rings. The molecule has 1 fully saturated rings. The number of amides is 1. The fourth-order valence-electron chi connectivity index (χ4n) is 2.81. The van der Waals surface area contributed by atoms with Crippen LogP contribution in [0.15, 0.2) is 18.2 Å². The van der Waals surface area contributed by atoms with Gasteiger partial charge in [0.25, 0.3) is 0 Å². The molecule has 136 valence electrons. The van der Waals surface area contributed by atoms with Crippen molar-refractivity contribution in [1.29, 1.82) is 0 Å². The standard InChI is InChI=1S/C17H24Cl2N2O2.ClH/c1-3-7-21(17(22)10-14-11-23-8-6-20-14)12(2)13-4-5-15(18)16(19)9-13;/h4-5,9,12,14,20H,3,6-8,10-11H2,1-2H3;1H. The zero-order chi connectivity index (χ0) is 16.8. The molecule has 1 amide bonds. The van der Waals surface area contributed by atoms with E-state index < -0.39 is 0 Å². The second-order valence-corrected chi connectivity index (χ2v) is 6.68. The van der Waals surface area contributed by atoms with E-state index in [1.165, 1.54) is 0 Å². The number of rotatable bonds is 6. The molecule has 1 saturated heterocycles. The largest absolute Gasteiger partial charge is 0.378 e. The number of halogens is 3. The topological polar surface area (TPSA) is 41.6 Å². The van der Waals surface area contributed by atoms with E-state index >= 15 is 0 Å². The fourth-order valence-corrected chi connectivity index (χ4v) is 3.11. The minimum atomic E-state index is -0.0401. The minimum Gasteiger partial charge on any atom is -0.378 e. The van der Waals surface area contributed by atoms with E-state index in [0.29, 0.717) is 36.2 Å². The Kier molecular flexibility index (Phi) is 9.39. The third kappa shape index (κ3) is 5.78. The average Bonchev–Trinajstić information content (AvgIpc) is 2.55. The summed E-state index contributed by atoms with van der Waals surface area (Å²) in [5, 5.41) is 4.37. The van der Waals surface area contributed by atoms with E-state index in [4.69, 9.17) is 27.9 Å². The molecule has 1 aromatic carbocycles. The van der Waals surface area contributed by atoms with Crippen molar-refractivity contribution in [3.05, 3.63) is 33.8 Å². The Morgan fingerprint density at radius 2 is 2.17 bits per heavy atom. The number of nitrogens with one attached hydrogen (secondary N) is 1. The van der Waals surface area contributed by atoms with Crippen molar-refractivity contribution < 1.29 is 9.53 Å². The summed E-state index contributed by atoms with van der Waals surface area (Å²) in [4.78, 5) is 14.7. The quantitative estimate of drug-likeness (QED) is 0.788. The number of carbonyl (C=O) groups excluding carboxylic acids is 1. The summed E-state index contributed by atoms with van der Waals surface area (Å²) in [5.74, 6) is 0.133. The van der Waals surface area contributed by atoms with Gasteiger partial charge in [-0.15, -0.1) is 12.4 Å². The predicted octanol–water partition coefficient (Wildman–Crippen LogP) is 4.09. The third-order valence-corrected chi connectivity index (χ3v) is 4.84. The summed E-state index contributed by atoms with van der Waals surface area (Å²) in [6, 6.07) is 5.60. The lowest BCUT2D eigenvalue weighted by Crippen LogP contribution is -2.45. The number of hydrogen-bond acceptors (Lipinski definition) is 3. The Bertz CT molecular complexity index is 537. The number of carbonyl (C=O) groups is 1. The first-order valence-corrected chi connectivity index (χ1v) is 8.84. The van der Waals surface area contributed by atoms with Gasteiger partial charge in [-0.25, -0.2) is 0 Å². The molecule has 1 aliphatic heterocycles. The van der Waals surface area contributed by atoms with Crippen LogP contribution in [0.2, 0.25) is 10.0 Å². The maximum atomic E-state index is 12.7. The van der Waals surface area contributed by atoms with Crippen LogP contribution in [0.4, 0.5) is 0 Å². The van der Waals surface area contributed by atoms with Gasteiger partial charge >= 0.3 is 0 Å². The van der Waals surface area contributed by atoms with Crippen LogP contribution in [0.1, 0.15) is 38.3 Å². The lowest BCUT2D eigenvalue weighted by Gasteiger charge is -2.32. The highest BCUT2D eigenvalue weighted by molar-refractivity contribution is 6.42. The molecular weight excluding hydrogens is 371 g/mol. The van der Waals surface area contributed by atoms with Crippen molar-refractivity contribution in [2.24, 2.45) is 0 Å². The van der Waals surface area contributed by atoms with Crippen molar-refractivity contribution in [1.82, 2.24) is 10.2 Å². The number of benzene rings is 1. The zero-order valence-corrected chi connectivity index (χ0v) is 16.4. The first kappa shape index (κ1) is 21.5. The first-order chi connectivity index (χ1) is 11.0. The molecule has 1 aromatic rings. The van der Waals surface area contributed by atoms with Crippen molar-refractivity contribution in [2.75, 3.05) is 26.3 Å². The molecule has 0 radical (unpaired) electrons. The van der Waals surface area contributed by atoms with Crippen molar-refractivity contribution in [3.8, 4) is 0 Å². The Labute approximate surface area is 160 Å². The average molecular weight is 396 g/mol. The molecule has 2 rings (SSSR count). The Balaban J connectivity index is 0.00000288. The third-order valence-electron chi connectivity index (χ3n) is 4.10. The van der Waals surface area contributed by atoms with E-state index in [1.807, 2.05) is 24.0 Å². The number of hydrogen-bond donors (Lipinski definition) is 1. The van der Waals surface area contributed by atoms with E-state index in [0.717, 1.165) is 18.5 Å². The molecule has 1 N–H and O–H groups in total. The number of ether oxygens (including phenoxy) is 1. The summed E-state index contributed by atoms with van der Waals surface area (Å²) in [6.07, 6.45) is 1.36. The maximum absolute atomic E-state index is 12.7. The Morgan fingerprint density at radius 1 is 1.42 bits per heavy atom. The van der Waals surface area contributed by atoms with Crippen LogP contribution in [0, 0.1) is 0 Å². The molecule has 7 heteroatoms. The van der Waals surface area contributed by atoms with Crippen LogP contribution in [0.25, 0.3) is 0 Å². The van der Waals surface area contributed by atoms with E-state index in [9.17, 15) is 4.79 Å². The summed E-state index contributed by atoms with van der Waals surface area (Å²) in [7, 11) is 0.